The molecule has 0 N–H and O–H groups in total. The number of rotatable bonds is 2. The lowest BCUT2D eigenvalue weighted by molar-refractivity contribution is -0.137. The Hall–Kier alpha value is -1.50. The number of anilines is 1. The minimum absolute atomic E-state index is 0.00974. The van der Waals surface area contributed by atoms with E-state index in [2.05, 4.69) is 4.98 Å². The van der Waals surface area contributed by atoms with Crippen molar-refractivity contribution in [3.8, 4) is 0 Å². The van der Waals surface area contributed by atoms with Crippen molar-refractivity contribution in [2.45, 2.75) is 37.9 Å². The molecule has 0 radical (unpaired) electrons. The maximum absolute atomic E-state index is 12.7. The third-order valence-corrected chi connectivity index (χ3v) is 4.74. The van der Waals surface area contributed by atoms with E-state index in [9.17, 15) is 18.0 Å². The van der Waals surface area contributed by atoms with Crippen molar-refractivity contribution in [3.05, 3.63) is 22.8 Å². The SMILES string of the molecule is O=C1CCCN1C1CCN(c2ncc(C(F)(F)F)cc2Cl)CC1. The van der Waals surface area contributed by atoms with Crippen LogP contribution in [0.15, 0.2) is 12.3 Å². The highest BCUT2D eigenvalue weighted by molar-refractivity contribution is 6.33. The zero-order valence-corrected chi connectivity index (χ0v) is 13.2. The first-order valence-electron chi connectivity index (χ1n) is 7.63. The monoisotopic (exact) mass is 347 g/mol. The Labute approximate surface area is 137 Å². The lowest BCUT2D eigenvalue weighted by Gasteiger charge is -2.37. The number of hydrogen-bond donors (Lipinski definition) is 0. The molecule has 0 bridgehead atoms. The third kappa shape index (κ3) is 3.39. The van der Waals surface area contributed by atoms with Crippen molar-refractivity contribution in [1.82, 2.24) is 9.88 Å². The fourth-order valence-electron chi connectivity index (χ4n) is 3.26. The first-order chi connectivity index (χ1) is 10.9. The fraction of sp³-hybridized carbons (Fsp3) is 0.600. The average Bonchev–Trinajstić information content (AvgIpc) is 2.93. The molecule has 0 saturated carbocycles. The molecule has 3 heterocycles. The highest BCUT2D eigenvalue weighted by Gasteiger charge is 2.34. The Kier molecular flexibility index (Phi) is 4.40. The molecular formula is C15H17ClF3N3O. The van der Waals surface area contributed by atoms with Crippen LogP contribution in [0.1, 0.15) is 31.2 Å². The summed E-state index contributed by atoms with van der Waals surface area (Å²) in [6, 6.07) is 1.13. The number of nitrogens with zero attached hydrogens (tertiary/aromatic N) is 3. The lowest BCUT2D eigenvalue weighted by atomic mass is 10.0. The Bertz CT molecular complexity index is 600. The number of aromatic nitrogens is 1. The van der Waals surface area contributed by atoms with Crippen molar-refractivity contribution in [3.63, 3.8) is 0 Å². The molecule has 1 aromatic rings. The van der Waals surface area contributed by atoms with Gasteiger partial charge in [0.25, 0.3) is 0 Å². The van der Waals surface area contributed by atoms with E-state index >= 15 is 0 Å². The van der Waals surface area contributed by atoms with Crippen LogP contribution < -0.4 is 4.90 Å². The average molecular weight is 348 g/mol. The standard InChI is InChI=1S/C15H17ClF3N3O/c16-12-8-10(15(17,18)19)9-20-14(12)21-6-3-11(4-7-21)22-5-1-2-13(22)23/h8-9,11H,1-7H2. The van der Waals surface area contributed by atoms with Gasteiger partial charge in [0.2, 0.25) is 5.91 Å². The summed E-state index contributed by atoms with van der Waals surface area (Å²) in [5.41, 5.74) is -0.844. The Morgan fingerprint density at radius 1 is 1.22 bits per heavy atom. The van der Waals surface area contributed by atoms with E-state index < -0.39 is 11.7 Å². The highest BCUT2D eigenvalue weighted by Crippen LogP contribution is 2.34. The lowest BCUT2D eigenvalue weighted by Crippen LogP contribution is -2.45. The summed E-state index contributed by atoms with van der Waals surface area (Å²) >= 11 is 5.99. The number of hydrogen-bond acceptors (Lipinski definition) is 3. The van der Waals surface area contributed by atoms with Crippen LogP contribution in [0.3, 0.4) is 0 Å². The molecule has 3 rings (SSSR count). The van der Waals surface area contributed by atoms with E-state index in [1.807, 2.05) is 9.80 Å². The van der Waals surface area contributed by atoms with E-state index in [4.69, 9.17) is 11.6 Å². The zero-order valence-electron chi connectivity index (χ0n) is 12.4. The van der Waals surface area contributed by atoms with Crippen LogP contribution in [0.25, 0.3) is 0 Å². The Balaban J connectivity index is 1.67. The molecule has 1 aromatic heterocycles. The molecule has 0 atom stereocenters. The van der Waals surface area contributed by atoms with Crippen molar-refractivity contribution >= 4 is 23.3 Å². The van der Waals surface area contributed by atoms with Gasteiger partial charge in [0, 0.05) is 38.3 Å². The van der Waals surface area contributed by atoms with Gasteiger partial charge in [-0.3, -0.25) is 4.79 Å². The summed E-state index contributed by atoms with van der Waals surface area (Å²) in [5.74, 6) is 0.583. The molecule has 2 aliphatic rings. The predicted octanol–water partition coefficient (Wildman–Crippen LogP) is 3.35. The van der Waals surface area contributed by atoms with Gasteiger partial charge in [0.05, 0.1) is 10.6 Å². The molecule has 2 aliphatic heterocycles. The molecule has 2 saturated heterocycles. The maximum atomic E-state index is 12.7. The second kappa shape index (κ2) is 6.19. The molecular weight excluding hydrogens is 331 g/mol. The predicted molar refractivity (Wildman–Crippen MR) is 80.4 cm³/mol. The van der Waals surface area contributed by atoms with Gasteiger partial charge in [-0.1, -0.05) is 11.6 Å². The van der Waals surface area contributed by atoms with Crippen LogP contribution >= 0.6 is 11.6 Å². The largest absolute Gasteiger partial charge is 0.417 e. The van der Waals surface area contributed by atoms with Crippen molar-refractivity contribution in [2.75, 3.05) is 24.5 Å². The summed E-state index contributed by atoms with van der Waals surface area (Å²) in [7, 11) is 0. The van der Waals surface area contributed by atoms with Gasteiger partial charge in [-0.15, -0.1) is 0 Å². The summed E-state index contributed by atoms with van der Waals surface area (Å²) in [6.45, 7) is 2.07. The van der Waals surface area contributed by atoms with E-state index in [0.29, 0.717) is 25.3 Å². The van der Waals surface area contributed by atoms with E-state index in [0.717, 1.165) is 38.1 Å². The molecule has 4 nitrogen and oxygen atoms in total. The summed E-state index contributed by atoms with van der Waals surface area (Å²) in [5, 5.41) is 0.00974. The summed E-state index contributed by atoms with van der Waals surface area (Å²) < 4.78 is 38.0. The summed E-state index contributed by atoms with van der Waals surface area (Å²) in [6.07, 6.45) is -0.539. The van der Waals surface area contributed by atoms with Crippen LogP contribution in [-0.4, -0.2) is 41.5 Å². The van der Waals surface area contributed by atoms with Gasteiger partial charge in [0.1, 0.15) is 5.82 Å². The number of alkyl halides is 3. The normalized spacial score (nSPS) is 20.4. The number of amides is 1. The van der Waals surface area contributed by atoms with Crippen LogP contribution in [0, 0.1) is 0 Å². The topological polar surface area (TPSA) is 36.4 Å². The van der Waals surface area contributed by atoms with Crippen LogP contribution in [0.4, 0.5) is 19.0 Å². The van der Waals surface area contributed by atoms with Gasteiger partial charge in [-0.25, -0.2) is 4.98 Å². The Morgan fingerprint density at radius 3 is 2.43 bits per heavy atom. The second-order valence-electron chi connectivity index (χ2n) is 5.94. The van der Waals surface area contributed by atoms with E-state index in [1.54, 1.807) is 0 Å². The number of piperidine rings is 1. The number of carbonyl (C=O) groups is 1. The molecule has 126 valence electrons. The van der Waals surface area contributed by atoms with E-state index in [1.165, 1.54) is 0 Å². The third-order valence-electron chi connectivity index (χ3n) is 4.46. The number of likely N-dealkylation sites (tertiary alicyclic amines) is 1. The van der Waals surface area contributed by atoms with Gasteiger partial charge < -0.3 is 9.80 Å². The van der Waals surface area contributed by atoms with Crippen molar-refractivity contribution in [1.29, 1.82) is 0 Å². The zero-order chi connectivity index (χ0) is 16.6. The molecule has 0 spiro atoms. The van der Waals surface area contributed by atoms with Gasteiger partial charge in [-0.2, -0.15) is 13.2 Å². The van der Waals surface area contributed by atoms with Crippen molar-refractivity contribution in [2.24, 2.45) is 0 Å². The van der Waals surface area contributed by atoms with Crippen LogP contribution in [0.2, 0.25) is 5.02 Å². The number of carbonyl (C=O) groups excluding carboxylic acids is 1. The minimum Gasteiger partial charge on any atom is -0.355 e. The first kappa shape index (κ1) is 16.4. The van der Waals surface area contributed by atoms with Crippen LogP contribution in [0.5, 0.6) is 0 Å². The van der Waals surface area contributed by atoms with Gasteiger partial charge in [0.15, 0.2) is 0 Å². The highest BCUT2D eigenvalue weighted by atomic mass is 35.5. The van der Waals surface area contributed by atoms with Gasteiger partial charge in [-0.05, 0) is 25.3 Å². The quantitative estimate of drug-likeness (QED) is 0.823. The minimum atomic E-state index is -4.45. The maximum Gasteiger partial charge on any atom is 0.417 e. The number of halogens is 4. The molecule has 0 aliphatic carbocycles. The number of pyridine rings is 1. The molecule has 2 fully saturated rings. The smallest absolute Gasteiger partial charge is 0.355 e. The first-order valence-corrected chi connectivity index (χ1v) is 8.01. The van der Waals surface area contributed by atoms with E-state index in [-0.39, 0.29) is 17.0 Å². The fourth-order valence-corrected chi connectivity index (χ4v) is 3.55. The second-order valence-corrected chi connectivity index (χ2v) is 6.34. The molecule has 8 heteroatoms. The van der Waals surface area contributed by atoms with Crippen LogP contribution in [-0.2, 0) is 11.0 Å². The summed E-state index contributed by atoms with van der Waals surface area (Å²) in [4.78, 5) is 19.5. The molecule has 0 unspecified atom stereocenters. The molecule has 0 aromatic carbocycles. The molecule has 1 amide bonds. The van der Waals surface area contributed by atoms with Gasteiger partial charge >= 0.3 is 6.18 Å². The van der Waals surface area contributed by atoms with Crippen molar-refractivity contribution < 1.29 is 18.0 Å². The Morgan fingerprint density at radius 2 is 1.91 bits per heavy atom. The molecule has 23 heavy (non-hydrogen) atoms.